The van der Waals surface area contributed by atoms with E-state index < -0.39 is 0 Å². The van der Waals surface area contributed by atoms with Gasteiger partial charge < -0.3 is 10.2 Å². The van der Waals surface area contributed by atoms with Gasteiger partial charge in [0.05, 0.1) is 23.4 Å². The number of carbonyl (C=O) groups excluding carboxylic acids is 1. The number of rotatable bonds is 4. The monoisotopic (exact) mass is 433 g/mol. The van der Waals surface area contributed by atoms with Crippen molar-refractivity contribution < 1.29 is 4.79 Å². The molecule has 2 heterocycles. The summed E-state index contributed by atoms with van der Waals surface area (Å²) < 4.78 is 0. The highest BCUT2D eigenvalue weighted by Gasteiger charge is 2.23. The van der Waals surface area contributed by atoms with Gasteiger partial charge >= 0.3 is 0 Å². The standard InChI is InChI=1S/C24H27N5OS/c25-15-18-7-4-5-9-21(18)29-12-6-11-28(13-14-29)17-23(30)27-24-20(16-26)19-8-2-1-3-10-22(19)31-24/h4-5,7,9H,1-3,6,8,10-14,17H2,(H,27,30). The van der Waals surface area contributed by atoms with Gasteiger partial charge in [0.2, 0.25) is 5.91 Å². The molecule has 0 atom stereocenters. The van der Waals surface area contributed by atoms with Gasteiger partial charge in [0, 0.05) is 31.1 Å². The number of benzene rings is 1. The summed E-state index contributed by atoms with van der Waals surface area (Å²) in [5.74, 6) is -0.0567. The molecule has 2 aliphatic rings. The van der Waals surface area contributed by atoms with Crippen molar-refractivity contribution in [1.82, 2.24) is 4.90 Å². The van der Waals surface area contributed by atoms with E-state index in [1.165, 1.54) is 11.3 Å². The molecule has 2 aromatic rings. The Bertz CT molecular complexity index is 1030. The second kappa shape index (κ2) is 9.96. The molecule has 7 heteroatoms. The number of nitrogens with zero attached hydrogens (tertiary/aromatic N) is 4. The van der Waals surface area contributed by atoms with E-state index in [0.717, 1.165) is 74.5 Å². The smallest absolute Gasteiger partial charge is 0.239 e. The number of para-hydroxylation sites is 1. The zero-order valence-corrected chi connectivity index (χ0v) is 18.5. The number of nitriles is 2. The van der Waals surface area contributed by atoms with Gasteiger partial charge in [-0.2, -0.15) is 10.5 Å². The second-order valence-corrected chi connectivity index (χ2v) is 9.28. The van der Waals surface area contributed by atoms with Crippen LogP contribution in [0.3, 0.4) is 0 Å². The summed E-state index contributed by atoms with van der Waals surface area (Å²) in [5, 5.41) is 22.8. The Balaban J connectivity index is 1.38. The molecule has 1 aliphatic heterocycles. The minimum atomic E-state index is -0.0567. The fraction of sp³-hybridized carbons (Fsp3) is 0.458. The molecule has 0 saturated carbocycles. The van der Waals surface area contributed by atoms with Crippen molar-refractivity contribution in [1.29, 1.82) is 10.5 Å². The summed E-state index contributed by atoms with van der Waals surface area (Å²) in [5.41, 5.74) is 3.48. The maximum Gasteiger partial charge on any atom is 0.239 e. The number of carbonyl (C=O) groups is 1. The first kappa shape index (κ1) is 21.4. The van der Waals surface area contributed by atoms with Crippen molar-refractivity contribution in [2.45, 2.75) is 38.5 Å². The Morgan fingerprint density at radius 2 is 1.84 bits per heavy atom. The molecule has 1 fully saturated rings. The average molecular weight is 434 g/mol. The Kier molecular flexibility index (Phi) is 6.86. The van der Waals surface area contributed by atoms with Crippen LogP contribution in [0.25, 0.3) is 0 Å². The topological polar surface area (TPSA) is 83.2 Å². The van der Waals surface area contributed by atoms with Gasteiger partial charge in [-0.15, -0.1) is 11.3 Å². The Labute approximate surface area is 187 Å². The van der Waals surface area contributed by atoms with Crippen molar-refractivity contribution in [2.24, 2.45) is 0 Å². The number of thiophene rings is 1. The van der Waals surface area contributed by atoms with E-state index in [0.29, 0.717) is 17.7 Å². The van der Waals surface area contributed by atoms with Crippen molar-refractivity contribution in [3.8, 4) is 12.1 Å². The Morgan fingerprint density at radius 3 is 2.68 bits per heavy atom. The summed E-state index contributed by atoms with van der Waals surface area (Å²) in [4.78, 5) is 18.4. The highest BCUT2D eigenvalue weighted by atomic mass is 32.1. The van der Waals surface area contributed by atoms with Crippen LogP contribution < -0.4 is 10.2 Å². The van der Waals surface area contributed by atoms with Gasteiger partial charge in [0.1, 0.15) is 17.1 Å². The minimum Gasteiger partial charge on any atom is -0.369 e. The number of nitrogens with one attached hydrogen (secondary N) is 1. The molecule has 1 amide bonds. The third-order valence-electron chi connectivity index (χ3n) is 6.11. The summed E-state index contributed by atoms with van der Waals surface area (Å²) in [7, 11) is 0. The molecule has 0 bridgehead atoms. The molecule has 1 saturated heterocycles. The number of amides is 1. The molecule has 0 spiro atoms. The molecule has 160 valence electrons. The van der Waals surface area contributed by atoms with Gasteiger partial charge in [-0.25, -0.2) is 0 Å². The SMILES string of the molecule is N#Cc1ccccc1N1CCCN(CC(=O)Nc2sc3c(c2C#N)CCCCC3)CC1. The van der Waals surface area contributed by atoms with Crippen LogP contribution in [0.1, 0.15) is 47.3 Å². The number of hydrogen-bond donors (Lipinski definition) is 1. The third-order valence-corrected chi connectivity index (χ3v) is 7.31. The van der Waals surface area contributed by atoms with Gasteiger partial charge in [-0.3, -0.25) is 9.69 Å². The minimum absolute atomic E-state index is 0.0567. The van der Waals surface area contributed by atoms with E-state index in [1.54, 1.807) is 11.3 Å². The first-order valence-corrected chi connectivity index (χ1v) is 11.8. The van der Waals surface area contributed by atoms with Crippen molar-refractivity contribution >= 4 is 27.9 Å². The van der Waals surface area contributed by atoms with Crippen LogP contribution in [0.5, 0.6) is 0 Å². The lowest BCUT2D eigenvalue weighted by atomic mass is 10.1. The molecule has 1 aromatic heterocycles. The van der Waals surface area contributed by atoms with Crippen molar-refractivity contribution in [3.05, 3.63) is 45.8 Å². The maximum atomic E-state index is 12.8. The fourth-order valence-corrected chi connectivity index (χ4v) is 5.79. The fourth-order valence-electron chi connectivity index (χ4n) is 4.53. The average Bonchev–Trinajstić information content (AvgIpc) is 2.96. The lowest BCUT2D eigenvalue weighted by Crippen LogP contribution is -2.36. The Hall–Kier alpha value is -2.87. The quantitative estimate of drug-likeness (QED) is 0.739. The number of hydrogen-bond acceptors (Lipinski definition) is 6. The second-order valence-electron chi connectivity index (χ2n) is 8.17. The van der Waals surface area contributed by atoms with E-state index >= 15 is 0 Å². The van der Waals surface area contributed by atoms with Gasteiger partial charge in [0.15, 0.2) is 0 Å². The molecule has 6 nitrogen and oxygen atoms in total. The number of aryl methyl sites for hydroxylation is 1. The maximum absolute atomic E-state index is 12.8. The zero-order valence-electron chi connectivity index (χ0n) is 17.7. The number of fused-ring (bicyclic) bond motifs is 1. The van der Waals surface area contributed by atoms with E-state index in [-0.39, 0.29) is 5.91 Å². The van der Waals surface area contributed by atoms with Crippen LogP contribution >= 0.6 is 11.3 Å². The highest BCUT2D eigenvalue weighted by molar-refractivity contribution is 7.16. The van der Waals surface area contributed by atoms with E-state index in [2.05, 4.69) is 27.3 Å². The summed E-state index contributed by atoms with van der Waals surface area (Å²) in [6.45, 7) is 3.57. The first-order valence-electron chi connectivity index (χ1n) is 11.0. The predicted octanol–water partition coefficient (Wildman–Crippen LogP) is 3.91. The molecule has 0 radical (unpaired) electrons. The molecular weight excluding hydrogens is 406 g/mol. The van der Waals surface area contributed by atoms with Gasteiger partial charge in [0.25, 0.3) is 0 Å². The Morgan fingerprint density at radius 1 is 1.00 bits per heavy atom. The van der Waals surface area contributed by atoms with Crippen LogP contribution in [0.15, 0.2) is 24.3 Å². The van der Waals surface area contributed by atoms with E-state index in [9.17, 15) is 15.3 Å². The molecule has 4 rings (SSSR count). The molecule has 0 unspecified atom stereocenters. The predicted molar refractivity (Wildman–Crippen MR) is 123 cm³/mol. The summed E-state index contributed by atoms with van der Waals surface area (Å²) >= 11 is 1.58. The van der Waals surface area contributed by atoms with Crippen molar-refractivity contribution in [2.75, 3.05) is 42.9 Å². The van der Waals surface area contributed by atoms with Crippen LogP contribution in [0, 0.1) is 22.7 Å². The summed E-state index contributed by atoms with van der Waals surface area (Å²) in [6.07, 6.45) is 6.37. The molecule has 1 N–H and O–H groups in total. The summed E-state index contributed by atoms with van der Waals surface area (Å²) in [6, 6.07) is 12.3. The lowest BCUT2D eigenvalue weighted by molar-refractivity contribution is -0.117. The molecular formula is C24H27N5OS. The van der Waals surface area contributed by atoms with Crippen LogP contribution in [-0.2, 0) is 17.6 Å². The normalized spacial score (nSPS) is 17.0. The van der Waals surface area contributed by atoms with Crippen molar-refractivity contribution in [3.63, 3.8) is 0 Å². The molecule has 1 aliphatic carbocycles. The largest absolute Gasteiger partial charge is 0.369 e. The first-order chi connectivity index (χ1) is 15.2. The van der Waals surface area contributed by atoms with E-state index in [1.807, 2.05) is 24.3 Å². The lowest BCUT2D eigenvalue weighted by Gasteiger charge is -2.24. The van der Waals surface area contributed by atoms with Crippen LogP contribution in [-0.4, -0.2) is 43.5 Å². The molecule has 1 aromatic carbocycles. The van der Waals surface area contributed by atoms with Crippen LogP contribution in [0.2, 0.25) is 0 Å². The third kappa shape index (κ3) is 4.90. The highest BCUT2D eigenvalue weighted by Crippen LogP contribution is 2.37. The number of anilines is 2. The molecule has 31 heavy (non-hydrogen) atoms. The zero-order chi connectivity index (χ0) is 21.6. The van der Waals surface area contributed by atoms with E-state index in [4.69, 9.17) is 0 Å². The van der Waals surface area contributed by atoms with Crippen LogP contribution in [0.4, 0.5) is 10.7 Å². The van der Waals surface area contributed by atoms with Gasteiger partial charge in [-0.05, 0) is 49.8 Å². The van der Waals surface area contributed by atoms with Gasteiger partial charge in [-0.1, -0.05) is 18.6 Å².